The van der Waals surface area contributed by atoms with Gasteiger partial charge in [0.15, 0.2) is 5.16 Å². The Labute approximate surface area is 144 Å². The number of hydrogen-bond acceptors (Lipinski definition) is 6. The lowest BCUT2D eigenvalue weighted by Gasteiger charge is -2.22. The normalized spacial score (nSPS) is 15.0. The average molecular weight is 339 g/mol. The molecule has 1 aromatic carbocycles. The van der Waals surface area contributed by atoms with Gasteiger partial charge in [0.25, 0.3) is 0 Å². The van der Waals surface area contributed by atoms with E-state index in [-0.39, 0.29) is 17.3 Å². The number of amides is 1. The number of anilines is 1. The molecule has 0 unspecified atom stereocenters. The van der Waals surface area contributed by atoms with Gasteiger partial charge in [-0.3, -0.25) is 4.79 Å². The van der Waals surface area contributed by atoms with E-state index in [1.54, 1.807) is 0 Å². The van der Waals surface area contributed by atoms with Crippen LogP contribution in [0.2, 0.25) is 0 Å². The molecule has 1 aliphatic rings. The highest BCUT2D eigenvalue weighted by molar-refractivity contribution is 8.00. The molecule has 1 aliphatic heterocycles. The van der Waals surface area contributed by atoms with Gasteiger partial charge in [0, 0.05) is 13.1 Å². The molecule has 1 atom stereocenters. The van der Waals surface area contributed by atoms with E-state index in [0.717, 1.165) is 31.5 Å². The third-order valence-electron chi connectivity index (χ3n) is 3.88. The minimum atomic E-state index is -0.420. The van der Waals surface area contributed by atoms with Gasteiger partial charge in [-0.25, -0.2) is 9.97 Å². The van der Waals surface area contributed by atoms with E-state index in [9.17, 15) is 4.79 Å². The first kappa shape index (κ1) is 16.3. The zero-order valence-corrected chi connectivity index (χ0v) is 13.9. The minimum absolute atomic E-state index is 0.0650. The van der Waals surface area contributed by atoms with E-state index in [1.165, 1.54) is 18.0 Å². The maximum atomic E-state index is 12.9. The summed E-state index contributed by atoms with van der Waals surface area (Å²) < 4.78 is 0. The molecule has 1 fully saturated rings. The van der Waals surface area contributed by atoms with Crippen molar-refractivity contribution < 1.29 is 4.79 Å². The van der Waals surface area contributed by atoms with Gasteiger partial charge in [-0.2, -0.15) is 5.26 Å². The second-order valence-electron chi connectivity index (χ2n) is 5.50. The summed E-state index contributed by atoms with van der Waals surface area (Å²) in [5, 5.41) is 8.90. The van der Waals surface area contributed by atoms with E-state index in [4.69, 9.17) is 11.0 Å². The predicted molar refractivity (Wildman–Crippen MR) is 92.0 cm³/mol. The molecule has 0 bridgehead atoms. The molecular weight excluding hydrogens is 322 g/mol. The third-order valence-corrected chi connectivity index (χ3v) is 5.00. The van der Waals surface area contributed by atoms with E-state index in [1.807, 2.05) is 41.3 Å². The van der Waals surface area contributed by atoms with Crippen LogP contribution in [0.4, 0.5) is 5.82 Å². The lowest BCUT2D eigenvalue weighted by atomic mass is 10.1. The molecule has 122 valence electrons. The number of likely N-dealkylation sites (tertiary alicyclic amines) is 1. The van der Waals surface area contributed by atoms with Crippen molar-refractivity contribution in [2.24, 2.45) is 0 Å². The first-order valence-corrected chi connectivity index (χ1v) is 8.60. The van der Waals surface area contributed by atoms with Crippen molar-refractivity contribution in [3.05, 3.63) is 47.7 Å². The van der Waals surface area contributed by atoms with Crippen molar-refractivity contribution in [2.45, 2.75) is 23.2 Å². The fourth-order valence-electron chi connectivity index (χ4n) is 2.62. The summed E-state index contributed by atoms with van der Waals surface area (Å²) in [5.74, 6) is 0.200. The molecule has 24 heavy (non-hydrogen) atoms. The molecule has 0 aliphatic carbocycles. The number of nitrogen functional groups attached to an aromatic ring is 1. The van der Waals surface area contributed by atoms with Gasteiger partial charge in [0.05, 0.1) is 6.20 Å². The Balaban J connectivity index is 1.89. The largest absolute Gasteiger partial charge is 0.382 e. The van der Waals surface area contributed by atoms with Crippen LogP contribution in [0.1, 0.15) is 29.2 Å². The summed E-state index contributed by atoms with van der Waals surface area (Å²) in [6.07, 6.45) is 3.48. The van der Waals surface area contributed by atoms with Gasteiger partial charge in [0.2, 0.25) is 5.91 Å². The van der Waals surface area contributed by atoms with Crippen LogP contribution in [0, 0.1) is 11.3 Å². The Kier molecular flexibility index (Phi) is 4.96. The fourth-order valence-corrected chi connectivity index (χ4v) is 3.64. The molecule has 7 heteroatoms. The molecule has 3 rings (SSSR count). The number of thioether (sulfide) groups is 1. The van der Waals surface area contributed by atoms with Crippen molar-refractivity contribution in [3.8, 4) is 6.07 Å². The zero-order valence-electron chi connectivity index (χ0n) is 13.1. The maximum Gasteiger partial charge on any atom is 0.240 e. The lowest BCUT2D eigenvalue weighted by Crippen LogP contribution is -2.31. The van der Waals surface area contributed by atoms with Gasteiger partial charge < -0.3 is 10.6 Å². The van der Waals surface area contributed by atoms with Crippen molar-refractivity contribution in [1.29, 1.82) is 5.26 Å². The lowest BCUT2D eigenvalue weighted by molar-refractivity contribution is -0.129. The first-order chi connectivity index (χ1) is 11.7. The highest BCUT2D eigenvalue weighted by Gasteiger charge is 2.29. The van der Waals surface area contributed by atoms with Crippen molar-refractivity contribution in [1.82, 2.24) is 14.9 Å². The molecule has 2 aromatic rings. The maximum absolute atomic E-state index is 12.9. The predicted octanol–water partition coefficient (Wildman–Crippen LogP) is 2.39. The summed E-state index contributed by atoms with van der Waals surface area (Å²) in [6.45, 7) is 1.58. The van der Waals surface area contributed by atoms with Crippen LogP contribution in [0.25, 0.3) is 0 Å². The Bertz CT molecular complexity index is 768. The standard InChI is InChI=1S/C17H17N5OS/c18-10-13-11-20-17(21-15(13)19)24-14(12-6-2-1-3-7-12)16(23)22-8-4-5-9-22/h1-3,6-7,11,14H,4-5,8-9H2,(H2,19,20,21)/t14-/m1/s1. The number of nitriles is 1. The molecule has 2 N–H and O–H groups in total. The van der Waals surface area contributed by atoms with Crippen molar-refractivity contribution >= 4 is 23.5 Å². The summed E-state index contributed by atoms with van der Waals surface area (Å²) in [4.78, 5) is 23.1. The van der Waals surface area contributed by atoms with Crippen LogP contribution in [0.3, 0.4) is 0 Å². The second-order valence-corrected chi connectivity index (χ2v) is 6.58. The van der Waals surface area contributed by atoms with E-state index in [2.05, 4.69) is 9.97 Å². The van der Waals surface area contributed by atoms with Gasteiger partial charge in [-0.1, -0.05) is 42.1 Å². The number of nitrogens with two attached hydrogens (primary N) is 1. The Hall–Kier alpha value is -2.59. The van der Waals surface area contributed by atoms with Gasteiger partial charge in [-0.05, 0) is 18.4 Å². The van der Waals surface area contributed by atoms with E-state index in [0.29, 0.717) is 5.16 Å². The second kappa shape index (κ2) is 7.32. The number of nitrogens with zero attached hydrogens (tertiary/aromatic N) is 4. The minimum Gasteiger partial charge on any atom is -0.382 e. The average Bonchev–Trinajstić information content (AvgIpc) is 3.15. The molecular formula is C17H17N5OS. The number of benzene rings is 1. The van der Waals surface area contributed by atoms with E-state index < -0.39 is 5.25 Å². The van der Waals surface area contributed by atoms with Crippen molar-refractivity contribution in [2.75, 3.05) is 18.8 Å². The fraction of sp³-hybridized carbons (Fsp3) is 0.294. The molecule has 1 saturated heterocycles. The summed E-state index contributed by atoms with van der Waals surface area (Å²) in [5.41, 5.74) is 6.91. The van der Waals surface area contributed by atoms with Crippen LogP contribution >= 0.6 is 11.8 Å². The zero-order chi connectivity index (χ0) is 16.9. The molecule has 6 nitrogen and oxygen atoms in total. The SMILES string of the molecule is N#Cc1cnc(S[C@@H](C(=O)N2CCCC2)c2ccccc2)nc1N. The van der Waals surface area contributed by atoms with E-state index >= 15 is 0 Å². The molecule has 0 spiro atoms. The molecule has 0 saturated carbocycles. The van der Waals surface area contributed by atoms with Crippen LogP contribution in [0.15, 0.2) is 41.7 Å². The smallest absolute Gasteiger partial charge is 0.240 e. The molecule has 0 radical (unpaired) electrons. The topological polar surface area (TPSA) is 95.9 Å². The summed E-state index contributed by atoms with van der Waals surface area (Å²) in [6, 6.07) is 11.5. The highest BCUT2D eigenvalue weighted by atomic mass is 32.2. The first-order valence-electron chi connectivity index (χ1n) is 7.72. The number of rotatable bonds is 4. The van der Waals surface area contributed by atoms with Crippen LogP contribution in [-0.4, -0.2) is 33.9 Å². The summed E-state index contributed by atoms with van der Waals surface area (Å²) in [7, 11) is 0. The Morgan fingerprint density at radius 2 is 2.00 bits per heavy atom. The number of carbonyl (C=O) groups is 1. The number of aromatic nitrogens is 2. The summed E-state index contributed by atoms with van der Waals surface area (Å²) >= 11 is 1.27. The molecule has 1 amide bonds. The molecule has 1 aromatic heterocycles. The van der Waals surface area contributed by atoms with Gasteiger partial charge in [-0.15, -0.1) is 0 Å². The van der Waals surface area contributed by atoms with Crippen LogP contribution < -0.4 is 5.73 Å². The highest BCUT2D eigenvalue weighted by Crippen LogP contribution is 2.36. The number of hydrogen-bond donors (Lipinski definition) is 1. The number of carbonyl (C=O) groups excluding carboxylic acids is 1. The van der Waals surface area contributed by atoms with Gasteiger partial charge in [0.1, 0.15) is 22.7 Å². The van der Waals surface area contributed by atoms with Crippen LogP contribution in [-0.2, 0) is 4.79 Å². The monoisotopic (exact) mass is 339 g/mol. The Morgan fingerprint density at radius 3 is 2.62 bits per heavy atom. The van der Waals surface area contributed by atoms with Crippen LogP contribution in [0.5, 0.6) is 0 Å². The third kappa shape index (κ3) is 3.49. The quantitative estimate of drug-likeness (QED) is 0.679. The van der Waals surface area contributed by atoms with Crippen molar-refractivity contribution in [3.63, 3.8) is 0 Å². The Morgan fingerprint density at radius 1 is 1.29 bits per heavy atom. The molecule has 2 heterocycles. The van der Waals surface area contributed by atoms with Gasteiger partial charge >= 0.3 is 0 Å².